The molecule has 3 heteroatoms. The topological polar surface area (TPSA) is 0 Å². The van der Waals surface area contributed by atoms with Crippen LogP contribution in [0.5, 0.6) is 0 Å². The first kappa shape index (κ1) is 12.0. The Labute approximate surface area is 97.6 Å². The summed E-state index contributed by atoms with van der Waals surface area (Å²) in [6.07, 6.45) is 3.14. The average Bonchev–Trinajstić information content (AvgIpc) is 2.18. The molecule has 0 nitrogen and oxygen atoms in total. The quantitative estimate of drug-likeness (QED) is 0.672. The molecule has 1 aromatic rings. The molecule has 1 rings (SSSR count). The van der Waals surface area contributed by atoms with Crippen LogP contribution in [-0.4, -0.2) is 0 Å². The molecule has 0 unspecified atom stereocenters. The monoisotopic (exact) mass is 278 g/mol. The van der Waals surface area contributed by atoms with Gasteiger partial charge in [-0.15, -0.1) is 0 Å². The Bertz CT molecular complexity index is 301. The lowest BCUT2D eigenvalue weighted by Crippen LogP contribution is -1.95. The highest BCUT2D eigenvalue weighted by molar-refractivity contribution is 9.09. The lowest BCUT2D eigenvalue weighted by Gasteiger charge is -2.10. The molecule has 0 heterocycles. The largest absolute Gasteiger partial charge is 0.205 e. The van der Waals surface area contributed by atoms with Crippen molar-refractivity contribution in [2.24, 2.45) is 0 Å². The first-order chi connectivity index (χ1) is 6.66. The minimum Gasteiger partial charge on any atom is -0.205 e. The van der Waals surface area contributed by atoms with E-state index in [1.54, 1.807) is 18.2 Å². The van der Waals surface area contributed by atoms with Gasteiger partial charge in [0.25, 0.3) is 0 Å². The van der Waals surface area contributed by atoms with E-state index in [4.69, 9.17) is 11.6 Å². The maximum absolute atomic E-state index is 13.5. The number of rotatable bonds is 4. The minimum absolute atomic E-state index is 0.0705. The maximum Gasteiger partial charge on any atom is 0.146 e. The number of halogens is 3. The van der Waals surface area contributed by atoms with Crippen LogP contribution in [0.25, 0.3) is 0 Å². The molecule has 0 aliphatic carbocycles. The van der Waals surface area contributed by atoms with Crippen LogP contribution in [0.15, 0.2) is 18.2 Å². The molecule has 0 aliphatic rings. The molecule has 0 fully saturated rings. The van der Waals surface area contributed by atoms with Gasteiger partial charge in [-0.1, -0.05) is 59.4 Å². The molecule has 0 aliphatic heterocycles. The maximum atomic E-state index is 13.5. The summed E-state index contributed by atoms with van der Waals surface area (Å²) >= 11 is 9.17. The molecule has 0 saturated carbocycles. The third-order valence-corrected chi connectivity index (χ3v) is 3.37. The van der Waals surface area contributed by atoms with Gasteiger partial charge in [0.15, 0.2) is 0 Å². The van der Waals surface area contributed by atoms with Crippen LogP contribution in [0.2, 0.25) is 5.02 Å². The van der Waals surface area contributed by atoms with Gasteiger partial charge in [-0.2, -0.15) is 0 Å². The molecule has 0 aromatic heterocycles. The SMILES string of the molecule is CCCC[C@@H](Br)c1cccc(Cl)c1F. The lowest BCUT2D eigenvalue weighted by atomic mass is 10.1. The van der Waals surface area contributed by atoms with Crippen molar-refractivity contribution >= 4 is 27.5 Å². The highest BCUT2D eigenvalue weighted by atomic mass is 79.9. The van der Waals surface area contributed by atoms with Crippen molar-refractivity contribution < 1.29 is 4.39 Å². The van der Waals surface area contributed by atoms with Crippen molar-refractivity contribution in [2.75, 3.05) is 0 Å². The number of unbranched alkanes of at least 4 members (excludes halogenated alkanes) is 1. The van der Waals surface area contributed by atoms with Crippen LogP contribution in [0.4, 0.5) is 4.39 Å². The molecule has 14 heavy (non-hydrogen) atoms. The Morgan fingerprint density at radius 1 is 1.50 bits per heavy atom. The summed E-state index contributed by atoms with van der Waals surface area (Å²) in [5, 5.41) is 0.198. The van der Waals surface area contributed by atoms with E-state index in [9.17, 15) is 4.39 Å². The van der Waals surface area contributed by atoms with Crippen LogP contribution >= 0.6 is 27.5 Å². The van der Waals surface area contributed by atoms with E-state index in [0.717, 1.165) is 19.3 Å². The lowest BCUT2D eigenvalue weighted by molar-refractivity contribution is 0.598. The second kappa shape index (κ2) is 5.72. The molecule has 0 bridgehead atoms. The van der Waals surface area contributed by atoms with Crippen LogP contribution in [0, 0.1) is 5.82 Å². The van der Waals surface area contributed by atoms with Crippen LogP contribution in [-0.2, 0) is 0 Å². The zero-order valence-electron chi connectivity index (χ0n) is 8.06. The average molecular weight is 280 g/mol. The first-order valence-electron chi connectivity index (χ1n) is 4.74. The van der Waals surface area contributed by atoms with Gasteiger partial charge in [-0.25, -0.2) is 4.39 Å². The number of benzene rings is 1. The van der Waals surface area contributed by atoms with Crippen molar-refractivity contribution in [3.8, 4) is 0 Å². The third kappa shape index (κ3) is 2.96. The number of alkyl halides is 1. The summed E-state index contributed by atoms with van der Waals surface area (Å²) in [5.41, 5.74) is 0.658. The molecule has 78 valence electrons. The predicted octanol–water partition coefficient (Wildman–Crippen LogP) is 5.11. The summed E-state index contributed by atoms with van der Waals surface area (Å²) in [6, 6.07) is 5.12. The van der Waals surface area contributed by atoms with E-state index < -0.39 is 0 Å². The van der Waals surface area contributed by atoms with Gasteiger partial charge in [0, 0.05) is 10.4 Å². The Balaban J connectivity index is 2.79. The highest BCUT2D eigenvalue weighted by Crippen LogP contribution is 2.32. The number of hydrogen-bond acceptors (Lipinski definition) is 0. The van der Waals surface area contributed by atoms with Gasteiger partial charge in [0.1, 0.15) is 5.82 Å². The minimum atomic E-state index is -0.299. The van der Waals surface area contributed by atoms with Gasteiger partial charge in [-0.3, -0.25) is 0 Å². The van der Waals surface area contributed by atoms with Crippen LogP contribution in [0.3, 0.4) is 0 Å². The fourth-order valence-corrected chi connectivity index (χ4v) is 2.16. The van der Waals surface area contributed by atoms with E-state index >= 15 is 0 Å². The van der Waals surface area contributed by atoms with E-state index in [1.807, 2.05) is 0 Å². The highest BCUT2D eigenvalue weighted by Gasteiger charge is 2.13. The van der Waals surface area contributed by atoms with E-state index in [1.165, 1.54) is 0 Å². The third-order valence-electron chi connectivity index (χ3n) is 2.13. The van der Waals surface area contributed by atoms with Gasteiger partial charge in [0.2, 0.25) is 0 Å². The molecule has 1 aromatic carbocycles. The smallest absolute Gasteiger partial charge is 0.146 e. The fourth-order valence-electron chi connectivity index (χ4n) is 1.30. The second-order valence-corrected chi connectivity index (χ2v) is 4.77. The standard InChI is InChI=1S/C11H13BrClF/c1-2-3-6-9(12)8-5-4-7-10(13)11(8)14/h4-5,7,9H,2-3,6H2,1H3/t9-/m1/s1. The van der Waals surface area contributed by atoms with Gasteiger partial charge >= 0.3 is 0 Å². The molecular weight excluding hydrogens is 266 g/mol. The summed E-state index contributed by atoms with van der Waals surface area (Å²) in [5.74, 6) is -0.299. The fraction of sp³-hybridized carbons (Fsp3) is 0.455. The number of hydrogen-bond donors (Lipinski definition) is 0. The Morgan fingerprint density at radius 2 is 2.21 bits per heavy atom. The van der Waals surface area contributed by atoms with Crippen molar-refractivity contribution in [2.45, 2.75) is 31.0 Å². The molecule has 0 saturated heterocycles. The van der Waals surface area contributed by atoms with E-state index in [0.29, 0.717) is 5.56 Å². The summed E-state index contributed by atoms with van der Waals surface area (Å²) in [6.45, 7) is 2.12. The predicted molar refractivity (Wildman–Crippen MR) is 62.6 cm³/mol. The van der Waals surface area contributed by atoms with E-state index in [2.05, 4.69) is 22.9 Å². The van der Waals surface area contributed by atoms with Crippen molar-refractivity contribution in [1.82, 2.24) is 0 Å². The molecule has 0 N–H and O–H groups in total. The van der Waals surface area contributed by atoms with E-state index in [-0.39, 0.29) is 15.7 Å². The Hall–Kier alpha value is -0.0800. The summed E-state index contributed by atoms with van der Waals surface area (Å²) < 4.78 is 13.5. The van der Waals surface area contributed by atoms with Gasteiger partial charge in [-0.05, 0) is 12.5 Å². The molecule has 0 spiro atoms. The zero-order chi connectivity index (χ0) is 10.6. The van der Waals surface area contributed by atoms with Gasteiger partial charge < -0.3 is 0 Å². The van der Waals surface area contributed by atoms with Crippen LogP contribution < -0.4 is 0 Å². The second-order valence-electron chi connectivity index (χ2n) is 3.25. The molecule has 1 atom stereocenters. The van der Waals surface area contributed by atoms with Crippen LogP contribution in [0.1, 0.15) is 36.6 Å². The Kier molecular flexibility index (Phi) is 4.90. The van der Waals surface area contributed by atoms with Gasteiger partial charge in [0.05, 0.1) is 5.02 Å². The Morgan fingerprint density at radius 3 is 2.86 bits per heavy atom. The zero-order valence-corrected chi connectivity index (χ0v) is 10.4. The molecular formula is C11H13BrClF. The van der Waals surface area contributed by atoms with Crippen molar-refractivity contribution in [1.29, 1.82) is 0 Å². The van der Waals surface area contributed by atoms with Crippen molar-refractivity contribution in [3.05, 3.63) is 34.6 Å². The molecule has 0 radical (unpaired) electrons. The normalized spacial score (nSPS) is 12.9. The summed E-state index contributed by atoms with van der Waals surface area (Å²) in [7, 11) is 0. The molecule has 0 amide bonds. The summed E-state index contributed by atoms with van der Waals surface area (Å²) in [4.78, 5) is 0.0705. The first-order valence-corrected chi connectivity index (χ1v) is 6.04. The van der Waals surface area contributed by atoms with Crippen molar-refractivity contribution in [3.63, 3.8) is 0 Å².